The number of fused-ring (bicyclic) bond motifs is 1. The van der Waals surface area contributed by atoms with E-state index in [0.717, 1.165) is 33.7 Å². The van der Waals surface area contributed by atoms with Crippen molar-refractivity contribution in [2.24, 2.45) is 4.99 Å². The van der Waals surface area contributed by atoms with Crippen molar-refractivity contribution in [3.05, 3.63) is 121 Å². The van der Waals surface area contributed by atoms with Gasteiger partial charge < -0.3 is 4.40 Å². The highest BCUT2D eigenvalue weighted by molar-refractivity contribution is 6.13. The maximum Gasteiger partial charge on any atom is 0.169 e. The van der Waals surface area contributed by atoms with Gasteiger partial charge in [0.2, 0.25) is 0 Å². The van der Waals surface area contributed by atoms with Crippen LogP contribution in [0.3, 0.4) is 0 Å². The van der Waals surface area contributed by atoms with Gasteiger partial charge >= 0.3 is 0 Å². The summed E-state index contributed by atoms with van der Waals surface area (Å²) in [4.78, 5) is 14.1. The molecule has 0 fully saturated rings. The van der Waals surface area contributed by atoms with Crippen LogP contribution < -0.4 is 0 Å². The molecule has 2 heterocycles. The van der Waals surface area contributed by atoms with Crippen molar-refractivity contribution in [1.29, 1.82) is 0 Å². The van der Waals surface area contributed by atoms with Crippen LogP contribution in [-0.2, 0) is 0 Å². The summed E-state index contributed by atoms with van der Waals surface area (Å²) in [6.07, 6.45) is 5.69. The Morgan fingerprint density at radius 1 is 0.690 bits per heavy atom. The maximum absolute atomic E-state index is 4.89. The third-order valence-corrected chi connectivity index (χ3v) is 4.72. The molecule has 0 bridgehead atoms. The monoisotopic (exact) mass is 374 g/mol. The third kappa shape index (κ3) is 3.56. The molecule has 0 saturated carbocycles. The number of aromatic nitrogens is 3. The van der Waals surface area contributed by atoms with E-state index in [1.165, 1.54) is 0 Å². The first-order valence-electron chi connectivity index (χ1n) is 9.46. The first kappa shape index (κ1) is 17.1. The van der Waals surface area contributed by atoms with Crippen LogP contribution in [0.25, 0.3) is 16.9 Å². The summed E-state index contributed by atoms with van der Waals surface area (Å²) in [6, 6.07) is 30.5. The van der Waals surface area contributed by atoms with E-state index in [0.29, 0.717) is 5.82 Å². The topological polar surface area (TPSA) is 42.5 Å². The number of nitrogens with zero attached hydrogens (tertiary/aromatic N) is 4. The van der Waals surface area contributed by atoms with E-state index in [2.05, 4.69) is 46.4 Å². The van der Waals surface area contributed by atoms with Gasteiger partial charge in [0.25, 0.3) is 0 Å². The van der Waals surface area contributed by atoms with Crippen LogP contribution in [-0.4, -0.2) is 20.1 Å². The minimum atomic E-state index is 0.636. The van der Waals surface area contributed by atoms with Gasteiger partial charge in [-0.3, -0.25) is 0 Å². The van der Waals surface area contributed by atoms with E-state index in [9.17, 15) is 0 Å². The van der Waals surface area contributed by atoms with Crippen LogP contribution >= 0.6 is 0 Å². The fourth-order valence-electron chi connectivity index (χ4n) is 3.30. The normalized spacial score (nSPS) is 10.8. The van der Waals surface area contributed by atoms with Gasteiger partial charge in [-0.1, -0.05) is 91.0 Å². The molecule has 2 aromatic heterocycles. The molecular formula is C25H18N4. The summed E-state index contributed by atoms with van der Waals surface area (Å²) < 4.78 is 1.97. The maximum atomic E-state index is 4.89. The molecule has 29 heavy (non-hydrogen) atoms. The zero-order valence-corrected chi connectivity index (χ0v) is 15.7. The van der Waals surface area contributed by atoms with Gasteiger partial charge in [-0.25, -0.2) is 15.0 Å². The second-order valence-corrected chi connectivity index (χ2v) is 6.70. The lowest BCUT2D eigenvalue weighted by molar-refractivity contribution is 1.11. The predicted octanol–water partition coefficient (Wildman–Crippen LogP) is 5.57. The molecule has 0 amide bonds. The Hall–Kier alpha value is -4.05. The fourth-order valence-corrected chi connectivity index (χ4v) is 3.30. The van der Waals surface area contributed by atoms with E-state index in [1.54, 1.807) is 6.20 Å². The molecule has 0 aliphatic carbocycles. The molecular weight excluding hydrogens is 356 g/mol. The Kier molecular flexibility index (Phi) is 4.43. The Morgan fingerprint density at radius 2 is 1.28 bits per heavy atom. The van der Waals surface area contributed by atoms with Gasteiger partial charge in [0.05, 0.1) is 23.8 Å². The minimum Gasteiger partial charge on any atom is -0.301 e. The van der Waals surface area contributed by atoms with Crippen molar-refractivity contribution >= 4 is 17.2 Å². The quantitative estimate of drug-likeness (QED) is 0.386. The zero-order chi connectivity index (χ0) is 19.5. The average molecular weight is 374 g/mol. The van der Waals surface area contributed by atoms with Gasteiger partial charge in [0.15, 0.2) is 11.5 Å². The Bertz CT molecular complexity index is 1230. The lowest BCUT2D eigenvalue weighted by Gasteiger charge is -2.07. The van der Waals surface area contributed by atoms with Crippen molar-refractivity contribution in [3.8, 4) is 11.3 Å². The second-order valence-electron chi connectivity index (χ2n) is 6.70. The molecule has 0 radical (unpaired) electrons. The van der Waals surface area contributed by atoms with Gasteiger partial charge in [-0.15, -0.1) is 0 Å². The number of benzene rings is 3. The van der Waals surface area contributed by atoms with E-state index in [-0.39, 0.29) is 0 Å². The van der Waals surface area contributed by atoms with Crippen LogP contribution in [0.15, 0.2) is 115 Å². The summed E-state index contributed by atoms with van der Waals surface area (Å²) in [5.41, 5.74) is 5.79. The summed E-state index contributed by atoms with van der Waals surface area (Å²) in [5.74, 6) is 0.636. The number of aliphatic imine (C=N–C) groups is 1. The van der Waals surface area contributed by atoms with Crippen LogP contribution in [0.1, 0.15) is 11.1 Å². The van der Waals surface area contributed by atoms with Crippen molar-refractivity contribution in [2.45, 2.75) is 0 Å². The highest BCUT2D eigenvalue weighted by Gasteiger charge is 2.09. The number of hydrogen-bond acceptors (Lipinski definition) is 3. The lowest BCUT2D eigenvalue weighted by Crippen LogP contribution is -2.03. The first-order valence-corrected chi connectivity index (χ1v) is 9.46. The van der Waals surface area contributed by atoms with E-state index in [1.807, 2.05) is 71.4 Å². The molecule has 0 N–H and O–H groups in total. The smallest absolute Gasteiger partial charge is 0.169 e. The van der Waals surface area contributed by atoms with E-state index in [4.69, 9.17) is 4.99 Å². The Labute approximate surface area is 168 Å². The molecule has 4 nitrogen and oxygen atoms in total. The van der Waals surface area contributed by atoms with Gasteiger partial charge in [-0.05, 0) is 0 Å². The molecule has 0 aliphatic rings. The van der Waals surface area contributed by atoms with Crippen LogP contribution in [0.4, 0.5) is 5.82 Å². The molecule has 5 rings (SSSR count). The van der Waals surface area contributed by atoms with Crippen LogP contribution in [0.2, 0.25) is 0 Å². The van der Waals surface area contributed by atoms with E-state index >= 15 is 0 Å². The Morgan fingerprint density at radius 3 is 1.90 bits per heavy atom. The van der Waals surface area contributed by atoms with Crippen molar-refractivity contribution in [3.63, 3.8) is 0 Å². The van der Waals surface area contributed by atoms with Crippen molar-refractivity contribution < 1.29 is 0 Å². The summed E-state index contributed by atoms with van der Waals surface area (Å²) in [6.45, 7) is 0. The highest BCUT2D eigenvalue weighted by atomic mass is 15.1. The summed E-state index contributed by atoms with van der Waals surface area (Å²) >= 11 is 0. The number of rotatable bonds is 4. The largest absolute Gasteiger partial charge is 0.301 e. The number of hydrogen-bond donors (Lipinski definition) is 0. The molecule has 5 aromatic rings. The molecule has 4 heteroatoms. The Balaban J connectivity index is 1.60. The predicted molar refractivity (Wildman–Crippen MR) is 117 cm³/mol. The molecule has 3 aromatic carbocycles. The molecule has 0 spiro atoms. The van der Waals surface area contributed by atoms with E-state index < -0.39 is 0 Å². The molecule has 0 unspecified atom stereocenters. The van der Waals surface area contributed by atoms with Crippen molar-refractivity contribution in [2.75, 3.05) is 0 Å². The zero-order valence-electron chi connectivity index (χ0n) is 15.7. The SMILES string of the molecule is c1ccc(C(=Nc2cn3cc(-c4ccccc4)nc3cn2)c2ccccc2)cc1. The standard InChI is InChI=1S/C25H18N4/c1-4-10-19(11-5-1)22-17-29-18-23(26-16-24(29)27-22)28-25(20-12-6-2-7-13-20)21-14-8-3-9-15-21/h1-18H. The lowest BCUT2D eigenvalue weighted by atomic mass is 10.0. The number of imidazole rings is 1. The van der Waals surface area contributed by atoms with Gasteiger partial charge in [0.1, 0.15) is 0 Å². The molecule has 0 saturated heterocycles. The molecule has 138 valence electrons. The van der Waals surface area contributed by atoms with Crippen molar-refractivity contribution in [1.82, 2.24) is 14.4 Å². The molecule has 0 aliphatic heterocycles. The summed E-state index contributed by atoms with van der Waals surface area (Å²) in [7, 11) is 0. The third-order valence-electron chi connectivity index (χ3n) is 4.72. The minimum absolute atomic E-state index is 0.636. The highest BCUT2D eigenvalue weighted by Crippen LogP contribution is 2.21. The second kappa shape index (κ2) is 7.52. The average Bonchev–Trinajstić information content (AvgIpc) is 3.23. The fraction of sp³-hybridized carbons (Fsp3) is 0. The van der Waals surface area contributed by atoms with Gasteiger partial charge in [-0.2, -0.15) is 0 Å². The molecule has 0 atom stereocenters. The van der Waals surface area contributed by atoms with Gasteiger partial charge in [0, 0.05) is 22.9 Å². The first-order chi connectivity index (χ1) is 14.4. The summed E-state index contributed by atoms with van der Waals surface area (Å²) in [5, 5.41) is 0. The van der Waals surface area contributed by atoms with Crippen LogP contribution in [0, 0.1) is 0 Å². The van der Waals surface area contributed by atoms with Crippen LogP contribution in [0.5, 0.6) is 0 Å².